The van der Waals surface area contributed by atoms with Crippen molar-refractivity contribution >= 4 is 11.3 Å². The van der Waals surface area contributed by atoms with Gasteiger partial charge in [-0.05, 0) is 35.7 Å². The Morgan fingerprint density at radius 1 is 0.909 bits per heavy atom. The Morgan fingerprint density at radius 3 is 2.32 bits per heavy atom. The quantitative estimate of drug-likeness (QED) is 0.534. The minimum absolute atomic E-state index is 0.0699. The average molecular weight is 314 g/mol. The lowest BCUT2D eigenvalue weighted by molar-refractivity contribution is 0.151. The van der Waals surface area contributed by atoms with Gasteiger partial charge in [-0.1, -0.05) is 48.5 Å². The molecule has 0 nitrogen and oxygen atoms in total. The number of hydrogen-bond donors (Lipinski definition) is 0. The van der Waals surface area contributed by atoms with Gasteiger partial charge < -0.3 is 0 Å². The molecule has 112 valence electrons. The first-order valence-electron chi connectivity index (χ1n) is 7.15. The van der Waals surface area contributed by atoms with Crippen molar-refractivity contribution in [3.8, 4) is 10.4 Å². The van der Waals surface area contributed by atoms with Crippen LogP contribution in [0.25, 0.3) is 10.4 Å². The molecular formula is C19H16F2S. The number of alkyl halides is 2. The minimum atomic E-state index is -2.41. The summed E-state index contributed by atoms with van der Waals surface area (Å²) in [5.41, 5.74) is 3.67. The molecule has 2 aromatic carbocycles. The van der Waals surface area contributed by atoms with Gasteiger partial charge in [-0.15, -0.1) is 11.3 Å². The van der Waals surface area contributed by atoms with E-state index in [0.717, 1.165) is 16.9 Å². The summed E-state index contributed by atoms with van der Waals surface area (Å²) in [7, 11) is 0. The lowest BCUT2D eigenvalue weighted by atomic mass is 10.1. The molecular weight excluding hydrogens is 298 g/mol. The summed E-state index contributed by atoms with van der Waals surface area (Å²) in [4.78, 5) is 2.40. The van der Waals surface area contributed by atoms with E-state index in [9.17, 15) is 8.78 Å². The summed E-state index contributed by atoms with van der Waals surface area (Å²) in [6.45, 7) is 2.12. The van der Waals surface area contributed by atoms with Gasteiger partial charge in [-0.2, -0.15) is 0 Å². The van der Waals surface area contributed by atoms with Crippen LogP contribution in [0.1, 0.15) is 28.0 Å². The lowest BCUT2D eigenvalue weighted by Gasteiger charge is -2.03. The molecule has 0 bridgehead atoms. The fraction of sp³-hybridized carbons (Fsp3) is 0.158. The van der Waals surface area contributed by atoms with Crippen LogP contribution in [0, 0.1) is 6.92 Å². The maximum atomic E-state index is 12.6. The molecule has 0 aliphatic carbocycles. The largest absolute Gasteiger partial charge is 0.263 e. The van der Waals surface area contributed by atoms with Gasteiger partial charge in [0, 0.05) is 21.7 Å². The monoisotopic (exact) mass is 314 g/mol. The highest BCUT2D eigenvalue weighted by Crippen LogP contribution is 2.31. The van der Waals surface area contributed by atoms with Crippen LogP contribution in [0.5, 0.6) is 0 Å². The highest BCUT2D eigenvalue weighted by atomic mass is 32.1. The Bertz CT molecular complexity index is 757. The minimum Gasteiger partial charge on any atom is -0.205 e. The van der Waals surface area contributed by atoms with Crippen molar-refractivity contribution in [3.63, 3.8) is 0 Å². The molecule has 0 fully saturated rings. The number of rotatable bonds is 4. The predicted octanol–water partition coefficient (Wildman–Crippen LogP) is 6.25. The maximum Gasteiger partial charge on any atom is 0.263 e. The van der Waals surface area contributed by atoms with Crippen molar-refractivity contribution in [2.75, 3.05) is 0 Å². The standard InChI is InChI=1S/C19H16F2S/c1-13-4-2-3-5-16(13)12-17-10-11-18(22-17)14-6-8-15(9-7-14)19(20)21/h2-11,19H,12H2,1H3. The number of thiophene rings is 1. The van der Waals surface area contributed by atoms with Gasteiger partial charge >= 0.3 is 0 Å². The van der Waals surface area contributed by atoms with Crippen LogP contribution >= 0.6 is 11.3 Å². The first-order valence-corrected chi connectivity index (χ1v) is 7.97. The van der Waals surface area contributed by atoms with Crippen molar-refractivity contribution in [2.24, 2.45) is 0 Å². The van der Waals surface area contributed by atoms with Crippen LogP contribution in [0.2, 0.25) is 0 Å². The van der Waals surface area contributed by atoms with Gasteiger partial charge in [0.25, 0.3) is 6.43 Å². The second-order valence-electron chi connectivity index (χ2n) is 5.29. The average Bonchev–Trinajstić information content (AvgIpc) is 2.98. The fourth-order valence-electron chi connectivity index (χ4n) is 2.42. The Kier molecular flexibility index (Phi) is 4.34. The number of halogens is 2. The van der Waals surface area contributed by atoms with Crippen LogP contribution in [0.3, 0.4) is 0 Å². The molecule has 0 unspecified atom stereocenters. The van der Waals surface area contributed by atoms with E-state index >= 15 is 0 Å². The van der Waals surface area contributed by atoms with E-state index < -0.39 is 6.43 Å². The van der Waals surface area contributed by atoms with E-state index in [2.05, 4.69) is 37.3 Å². The van der Waals surface area contributed by atoms with Crippen molar-refractivity contribution < 1.29 is 8.78 Å². The zero-order valence-corrected chi connectivity index (χ0v) is 13.0. The van der Waals surface area contributed by atoms with Gasteiger partial charge in [-0.3, -0.25) is 0 Å². The molecule has 0 saturated carbocycles. The van der Waals surface area contributed by atoms with E-state index in [1.54, 1.807) is 23.5 Å². The Balaban J connectivity index is 1.80. The SMILES string of the molecule is Cc1ccccc1Cc1ccc(-c2ccc(C(F)F)cc2)s1. The number of hydrogen-bond acceptors (Lipinski definition) is 1. The summed E-state index contributed by atoms with van der Waals surface area (Å²) >= 11 is 1.72. The van der Waals surface area contributed by atoms with E-state index in [1.165, 1.54) is 28.1 Å². The summed E-state index contributed by atoms with van der Waals surface area (Å²) in [6.07, 6.45) is -1.50. The molecule has 0 aliphatic rings. The molecule has 22 heavy (non-hydrogen) atoms. The van der Waals surface area contributed by atoms with Crippen LogP contribution < -0.4 is 0 Å². The number of benzene rings is 2. The third-order valence-corrected chi connectivity index (χ3v) is 4.87. The molecule has 1 heterocycles. The first-order chi connectivity index (χ1) is 10.6. The molecule has 0 radical (unpaired) electrons. The van der Waals surface area contributed by atoms with Gasteiger partial charge in [0.2, 0.25) is 0 Å². The normalized spacial score (nSPS) is 11.1. The molecule has 0 aliphatic heterocycles. The third-order valence-electron chi connectivity index (χ3n) is 3.73. The van der Waals surface area contributed by atoms with Crippen LogP contribution in [-0.2, 0) is 6.42 Å². The summed E-state index contributed by atoms with van der Waals surface area (Å²) < 4.78 is 25.2. The van der Waals surface area contributed by atoms with Crippen molar-refractivity contribution in [1.82, 2.24) is 0 Å². The van der Waals surface area contributed by atoms with Crippen LogP contribution in [-0.4, -0.2) is 0 Å². The fourth-order valence-corrected chi connectivity index (χ4v) is 3.45. The predicted molar refractivity (Wildman–Crippen MR) is 88.7 cm³/mol. The zero-order valence-electron chi connectivity index (χ0n) is 12.2. The molecule has 0 amide bonds. The van der Waals surface area contributed by atoms with E-state index in [-0.39, 0.29) is 5.56 Å². The molecule has 0 saturated heterocycles. The summed E-state index contributed by atoms with van der Waals surface area (Å²) in [5.74, 6) is 0. The lowest BCUT2D eigenvalue weighted by Crippen LogP contribution is -1.87. The van der Waals surface area contributed by atoms with Crippen molar-refractivity contribution in [1.29, 1.82) is 0 Å². The van der Waals surface area contributed by atoms with Gasteiger partial charge in [0.15, 0.2) is 0 Å². The van der Waals surface area contributed by atoms with Gasteiger partial charge in [0.05, 0.1) is 0 Å². The second kappa shape index (κ2) is 6.41. The molecule has 0 N–H and O–H groups in total. The topological polar surface area (TPSA) is 0 Å². The summed E-state index contributed by atoms with van der Waals surface area (Å²) in [5, 5.41) is 0. The zero-order chi connectivity index (χ0) is 15.5. The van der Waals surface area contributed by atoms with Crippen LogP contribution in [0.4, 0.5) is 8.78 Å². The first kappa shape index (κ1) is 14.9. The van der Waals surface area contributed by atoms with E-state index in [1.807, 2.05) is 6.07 Å². The molecule has 3 aromatic rings. The number of aryl methyl sites for hydroxylation is 1. The molecule has 0 atom stereocenters. The van der Waals surface area contributed by atoms with Crippen molar-refractivity contribution in [3.05, 3.63) is 82.2 Å². The van der Waals surface area contributed by atoms with Crippen molar-refractivity contribution in [2.45, 2.75) is 19.8 Å². The Labute approximate surface area is 133 Å². The summed E-state index contributed by atoms with van der Waals surface area (Å²) in [6, 6.07) is 19.1. The molecule has 0 spiro atoms. The van der Waals surface area contributed by atoms with E-state index in [0.29, 0.717) is 0 Å². The Morgan fingerprint density at radius 2 is 1.64 bits per heavy atom. The van der Waals surface area contributed by atoms with E-state index in [4.69, 9.17) is 0 Å². The molecule has 3 heteroatoms. The molecule has 1 aromatic heterocycles. The smallest absolute Gasteiger partial charge is 0.205 e. The van der Waals surface area contributed by atoms with Crippen LogP contribution in [0.15, 0.2) is 60.7 Å². The third kappa shape index (κ3) is 3.25. The molecule has 3 rings (SSSR count). The van der Waals surface area contributed by atoms with Gasteiger partial charge in [0.1, 0.15) is 0 Å². The van der Waals surface area contributed by atoms with Gasteiger partial charge in [-0.25, -0.2) is 8.78 Å². The second-order valence-corrected chi connectivity index (χ2v) is 6.46. The highest BCUT2D eigenvalue weighted by Gasteiger charge is 2.08. The maximum absolute atomic E-state index is 12.6. The highest BCUT2D eigenvalue weighted by molar-refractivity contribution is 7.15. The Hall–Kier alpha value is -2.00.